The van der Waals surface area contributed by atoms with Crippen LogP contribution in [0, 0.1) is 0 Å². The van der Waals surface area contributed by atoms with Gasteiger partial charge in [0.05, 0.1) is 5.75 Å². The van der Waals surface area contributed by atoms with Crippen LogP contribution in [0.5, 0.6) is 0 Å². The Morgan fingerprint density at radius 2 is 1.95 bits per heavy atom. The highest BCUT2D eigenvalue weighted by atomic mass is 32.2. The highest BCUT2D eigenvalue weighted by molar-refractivity contribution is 8.00. The van der Waals surface area contributed by atoms with Crippen molar-refractivity contribution in [2.24, 2.45) is 0 Å². The number of carbonyl (C=O) groups excluding carboxylic acids is 1. The van der Waals surface area contributed by atoms with Crippen molar-refractivity contribution in [3.63, 3.8) is 0 Å². The third-order valence-electron chi connectivity index (χ3n) is 3.47. The second-order valence-electron chi connectivity index (χ2n) is 5.74. The number of hydrogen-bond donors (Lipinski definition) is 2. The quantitative estimate of drug-likeness (QED) is 0.845. The molecule has 1 saturated heterocycles. The van der Waals surface area contributed by atoms with Gasteiger partial charge in [0.2, 0.25) is 5.91 Å². The summed E-state index contributed by atoms with van der Waals surface area (Å²) in [4.78, 5) is 14.1. The Kier molecular flexibility index (Phi) is 6.54. The summed E-state index contributed by atoms with van der Waals surface area (Å²) in [6, 6.07) is 8.09. The molecule has 1 heterocycles. The fourth-order valence-electron chi connectivity index (χ4n) is 2.41. The summed E-state index contributed by atoms with van der Waals surface area (Å²) < 4.78 is 0. The molecule has 1 fully saturated rings. The van der Waals surface area contributed by atoms with Gasteiger partial charge in [0.25, 0.3) is 0 Å². The number of rotatable bonds is 6. The predicted octanol–water partition coefficient (Wildman–Crippen LogP) is 2.17. The average Bonchev–Trinajstić information content (AvgIpc) is 2.48. The minimum Gasteiger partial charge on any atom is -0.325 e. The first-order valence-corrected chi connectivity index (χ1v) is 8.54. The largest absolute Gasteiger partial charge is 0.325 e. The number of nitrogens with one attached hydrogen (secondary N) is 2. The molecule has 21 heavy (non-hydrogen) atoms. The van der Waals surface area contributed by atoms with Gasteiger partial charge < -0.3 is 15.5 Å². The number of amides is 1. The van der Waals surface area contributed by atoms with Gasteiger partial charge in [-0.05, 0) is 57.7 Å². The lowest BCUT2D eigenvalue weighted by Crippen LogP contribution is -2.30. The van der Waals surface area contributed by atoms with E-state index in [9.17, 15) is 4.79 Å². The third kappa shape index (κ3) is 6.08. The Labute approximate surface area is 131 Å². The van der Waals surface area contributed by atoms with Crippen LogP contribution in [-0.2, 0) is 11.3 Å². The zero-order valence-electron chi connectivity index (χ0n) is 12.9. The average molecular weight is 307 g/mol. The number of carbonyl (C=O) groups is 1. The van der Waals surface area contributed by atoms with Gasteiger partial charge in [-0.2, -0.15) is 0 Å². The number of anilines is 1. The minimum absolute atomic E-state index is 0.0962. The van der Waals surface area contributed by atoms with Crippen LogP contribution in [0.1, 0.15) is 18.4 Å². The van der Waals surface area contributed by atoms with Gasteiger partial charge in [-0.15, -0.1) is 11.8 Å². The number of nitrogens with zero attached hydrogens (tertiary/aromatic N) is 1. The smallest absolute Gasteiger partial charge is 0.234 e. The van der Waals surface area contributed by atoms with Crippen molar-refractivity contribution in [3.05, 3.63) is 29.8 Å². The molecular weight excluding hydrogens is 282 g/mol. The third-order valence-corrected chi connectivity index (χ3v) is 4.84. The molecule has 0 atom stereocenters. The maximum absolute atomic E-state index is 12.0. The Bertz CT molecular complexity index is 441. The van der Waals surface area contributed by atoms with Crippen LogP contribution >= 0.6 is 11.8 Å². The van der Waals surface area contributed by atoms with Crippen molar-refractivity contribution in [2.45, 2.75) is 24.6 Å². The van der Waals surface area contributed by atoms with Crippen LogP contribution in [0.3, 0.4) is 0 Å². The zero-order valence-corrected chi connectivity index (χ0v) is 13.7. The van der Waals surface area contributed by atoms with E-state index in [2.05, 4.69) is 27.7 Å². The SMILES string of the molecule is CN(C)Cc1ccc(NC(=O)CSC2CCNCC2)cc1. The van der Waals surface area contributed by atoms with Crippen molar-refractivity contribution < 1.29 is 4.79 Å². The van der Waals surface area contributed by atoms with E-state index in [-0.39, 0.29) is 5.91 Å². The Morgan fingerprint density at radius 3 is 2.57 bits per heavy atom. The molecule has 0 spiro atoms. The first kappa shape index (κ1) is 16.3. The zero-order chi connectivity index (χ0) is 15.1. The van der Waals surface area contributed by atoms with Crippen molar-refractivity contribution in [3.8, 4) is 0 Å². The van der Waals surface area contributed by atoms with E-state index >= 15 is 0 Å². The molecule has 0 aliphatic carbocycles. The van der Waals surface area contributed by atoms with Gasteiger partial charge in [0, 0.05) is 17.5 Å². The molecule has 1 aromatic rings. The second-order valence-corrected chi connectivity index (χ2v) is 7.03. The number of thioether (sulfide) groups is 1. The molecule has 0 radical (unpaired) electrons. The fourth-order valence-corrected chi connectivity index (χ4v) is 3.44. The van der Waals surface area contributed by atoms with Crippen molar-refractivity contribution >= 4 is 23.4 Å². The summed E-state index contributed by atoms with van der Waals surface area (Å²) in [6.45, 7) is 3.07. The van der Waals surface area contributed by atoms with Crippen LogP contribution in [0.2, 0.25) is 0 Å². The highest BCUT2D eigenvalue weighted by Crippen LogP contribution is 2.20. The standard InChI is InChI=1S/C16H25N3OS/c1-19(2)11-13-3-5-14(6-4-13)18-16(20)12-21-15-7-9-17-10-8-15/h3-6,15,17H,7-12H2,1-2H3,(H,18,20). The molecule has 1 aliphatic rings. The van der Waals surface area contributed by atoms with E-state index in [0.29, 0.717) is 11.0 Å². The van der Waals surface area contributed by atoms with Gasteiger partial charge in [0.1, 0.15) is 0 Å². The van der Waals surface area contributed by atoms with Gasteiger partial charge in [-0.1, -0.05) is 12.1 Å². The monoisotopic (exact) mass is 307 g/mol. The van der Waals surface area contributed by atoms with Crippen LogP contribution in [-0.4, -0.2) is 49.0 Å². The molecule has 1 aliphatic heterocycles. The molecule has 2 rings (SSSR count). The van der Waals surface area contributed by atoms with Crippen LogP contribution < -0.4 is 10.6 Å². The Morgan fingerprint density at radius 1 is 1.29 bits per heavy atom. The molecule has 0 saturated carbocycles. The number of piperidine rings is 1. The van der Waals surface area contributed by atoms with Gasteiger partial charge in [-0.25, -0.2) is 0 Å². The number of hydrogen-bond acceptors (Lipinski definition) is 4. The van der Waals surface area contributed by atoms with E-state index in [1.807, 2.05) is 26.2 Å². The molecule has 2 N–H and O–H groups in total. The summed E-state index contributed by atoms with van der Waals surface area (Å²) in [6.07, 6.45) is 2.33. The van der Waals surface area contributed by atoms with E-state index < -0.39 is 0 Å². The van der Waals surface area contributed by atoms with Crippen LogP contribution in [0.4, 0.5) is 5.69 Å². The van der Waals surface area contributed by atoms with Crippen molar-refractivity contribution in [1.82, 2.24) is 10.2 Å². The van der Waals surface area contributed by atoms with E-state index in [0.717, 1.165) is 38.2 Å². The van der Waals surface area contributed by atoms with Crippen LogP contribution in [0.15, 0.2) is 24.3 Å². The molecule has 0 bridgehead atoms. The van der Waals surface area contributed by atoms with Crippen molar-refractivity contribution in [2.75, 3.05) is 38.3 Å². The first-order valence-electron chi connectivity index (χ1n) is 7.49. The van der Waals surface area contributed by atoms with Gasteiger partial charge in [-0.3, -0.25) is 4.79 Å². The topological polar surface area (TPSA) is 44.4 Å². The summed E-state index contributed by atoms with van der Waals surface area (Å²) in [5.41, 5.74) is 2.13. The van der Waals surface area contributed by atoms with Gasteiger partial charge in [0.15, 0.2) is 0 Å². The molecule has 1 aromatic carbocycles. The number of benzene rings is 1. The summed E-state index contributed by atoms with van der Waals surface area (Å²) in [5.74, 6) is 0.642. The van der Waals surface area contributed by atoms with Crippen molar-refractivity contribution in [1.29, 1.82) is 0 Å². The lowest BCUT2D eigenvalue weighted by Gasteiger charge is -2.21. The molecule has 5 heteroatoms. The maximum atomic E-state index is 12.0. The highest BCUT2D eigenvalue weighted by Gasteiger charge is 2.14. The predicted molar refractivity (Wildman–Crippen MR) is 90.8 cm³/mol. The molecule has 4 nitrogen and oxygen atoms in total. The van der Waals surface area contributed by atoms with Crippen LogP contribution in [0.25, 0.3) is 0 Å². The Balaban J connectivity index is 1.74. The Hall–Kier alpha value is -1.04. The lowest BCUT2D eigenvalue weighted by atomic mass is 10.2. The summed E-state index contributed by atoms with van der Waals surface area (Å²) in [7, 11) is 4.10. The first-order chi connectivity index (χ1) is 10.1. The maximum Gasteiger partial charge on any atom is 0.234 e. The minimum atomic E-state index is 0.0962. The van der Waals surface area contributed by atoms with E-state index in [1.54, 1.807) is 11.8 Å². The molecular formula is C16H25N3OS. The summed E-state index contributed by atoms with van der Waals surface area (Å²) in [5, 5.41) is 6.94. The summed E-state index contributed by atoms with van der Waals surface area (Å²) >= 11 is 1.78. The molecule has 116 valence electrons. The van der Waals surface area contributed by atoms with E-state index in [4.69, 9.17) is 0 Å². The fraction of sp³-hybridized carbons (Fsp3) is 0.562. The lowest BCUT2D eigenvalue weighted by molar-refractivity contribution is -0.113. The molecule has 0 unspecified atom stereocenters. The van der Waals surface area contributed by atoms with E-state index in [1.165, 1.54) is 5.56 Å². The molecule has 0 aromatic heterocycles. The molecule has 1 amide bonds. The second kappa shape index (κ2) is 8.41. The normalized spacial score (nSPS) is 16.1. The van der Waals surface area contributed by atoms with Gasteiger partial charge >= 0.3 is 0 Å².